The fourth-order valence-electron chi connectivity index (χ4n) is 2.23. The van der Waals surface area contributed by atoms with Crippen LogP contribution in [-0.2, 0) is 20.1 Å². The molecule has 3 rings (SSSR count). The summed E-state index contributed by atoms with van der Waals surface area (Å²) in [5.74, 6) is 0.736. The smallest absolute Gasteiger partial charge is 0.181 e. The predicted molar refractivity (Wildman–Crippen MR) is 81.7 cm³/mol. The number of hydrogen-bond acceptors (Lipinski definition) is 4. The van der Waals surface area contributed by atoms with E-state index in [0.29, 0.717) is 0 Å². The molecule has 0 saturated carbocycles. The van der Waals surface area contributed by atoms with Gasteiger partial charge >= 0.3 is 0 Å². The third-order valence-electron chi connectivity index (χ3n) is 3.30. The van der Waals surface area contributed by atoms with Crippen LogP contribution in [0.3, 0.4) is 0 Å². The van der Waals surface area contributed by atoms with Gasteiger partial charge in [0.15, 0.2) is 5.82 Å². The summed E-state index contributed by atoms with van der Waals surface area (Å²) in [4.78, 5) is 4.27. The van der Waals surface area contributed by atoms with Crippen LogP contribution in [0.2, 0.25) is 0 Å². The van der Waals surface area contributed by atoms with Gasteiger partial charge in [-0.3, -0.25) is 9.36 Å². The van der Waals surface area contributed by atoms with Gasteiger partial charge in [0, 0.05) is 31.0 Å². The molecule has 0 radical (unpaired) electrons. The fraction of sp³-hybridized carbons (Fsp3) is 0.267. The molecule has 0 aliphatic carbocycles. The minimum absolute atomic E-state index is 0.736. The van der Waals surface area contributed by atoms with E-state index in [0.717, 1.165) is 30.2 Å². The van der Waals surface area contributed by atoms with Gasteiger partial charge in [-0.15, -0.1) is 0 Å². The monoisotopic (exact) mass is 282 g/mol. The summed E-state index contributed by atoms with van der Waals surface area (Å²) in [6.07, 6.45) is 3.53. The highest BCUT2D eigenvalue weighted by Gasteiger charge is 2.05. The van der Waals surface area contributed by atoms with E-state index in [9.17, 15) is 0 Å². The van der Waals surface area contributed by atoms with Crippen LogP contribution in [0.1, 0.15) is 12.6 Å². The molecule has 1 N–H and O–H groups in total. The van der Waals surface area contributed by atoms with Crippen molar-refractivity contribution >= 4 is 5.69 Å². The Kier molecular flexibility index (Phi) is 3.68. The number of nitrogens with zero attached hydrogens (tertiary/aromatic N) is 5. The third-order valence-corrected chi connectivity index (χ3v) is 3.30. The lowest BCUT2D eigenvalue weighted by Crippen LogP contribution is -2.07. The summed E-state index contributed by atoms with van der Waals surface area (Å²) >= 11 is 0. The average molecular weight is 282 g/mol. The van der Waals surface area contributed by atoms with Crippen molar-refractivity contribution in [2.24, 2.45) is 7.05 Å². The summed E-state index contributed by atoms with van der Waals surface area (Å²) in [5.41, 5.74) is 3.22. The van der Waals surface area contributed by atoms with E-state index in [-0.39, 0.29) is 0 Å². The molecule has 0 bridgehead atoms. The molecule has 0 amide bonds. The Morgan fingerprint density at radius 1 is 1.24 bits per heavy atom. The van der Waals surface area contributed by atoms with Gasteiger partial charge in [-0.25, -0.2) is 4.98 Å². The van der Waals surface area contributed by atoms with E-state index < -0.39 is 0 Å². The van der Waals surface area contributed by atoms with E-state index >= 15 is 0 Å². The van der Waals surface area contributed by atoms with Crippen molar-refractivity contribution in [3.8, 4) is 11.4 Å². The van der Waals surface area contributed by atoms with Crippen molar-refractivity contribution in [2.45, 2.75) is 20.0 Å². The minimum atomic E-state index is 0.736. The second kappa shape index (κ2) is 5.78. The summed E-state index contributed by atoms with van der Waals surface area (Å²) in [5, 5.41) is 12.0. The summed E-state index contributed by atoms with van der Waals surface area (Å²) < 4.78 is 3.69. The molecular formula is C15H18N6. The highest BCUT2D eigenvalue weighted by Crippen LogP contribution is 2.19. The first-order valence-electron chi connectivity index (χ1n) is 6.97. The van der Waals surface area contributed by atoms with Crippen molar-refractivity contribution in [3.63, 3.8) is 0 Å². The van der Waals surface area contributed by atoms with Crippen LogP contribution in [0.4, 0.5) is 5.69 Å². The maximum Gasteiger partial charge on any atom is 0.181 e. The number of benzene rings is 1. The zero-order valence-corrected chi connectivity index (χ0v) is 12.2. The maximum atomic E-state index is 4.32. The Morgan fingerprint density at radius 3 is 2.90 bits per heavy atom. The van der Waals surface area contributed by atoms with Crippen molar-refractivity contribution in [3.05, 3.63) is 48.5 Å². The molecule has 0 aliphatic heterocycles. The Bertz CT molecular complexity index is 727. The molecular weight excluding hydrogens is 264 g/mol. The van der Waals surface area contributed by atoms with Crippen molar-refractivity contribution in [2.75, 3.05) is 5.32 Å². The Balaban J connectivity index is 1.74. The van der Waals surface area contributed by atoms with Gasteiger partial charge in [-0.05, 0) is 25.1 Å². The Labute approximate surface area is 123 Å². The second-order valence-electron chi connectivity index (χ2n) is 4.81. The number of aryl methyl sites for hydroxylation is 2. The fourth-order valence-corrected chi connectivity index (χ4v) is 2.23. The lowest BCUT2D eigenvalue weighted by molar-refractivity contribution is 0.627. The molecule has 0 atom stereocenters. The van der Waals surface area contributed by atoms with Gasteiger partial charge < -0.3 is 5.32 Å². The van der Waals surface area contributed by atoms with Crippen LogP contribution in [-0.4, -0.2) is 24.5 Å². The van der Waals surface area contributed by atoms with Gasteiger partial charge in [-0.1, -0.05) is 12.1 Å². The number of hydrogen-bond donors (Lipinski definition) is 1. The third kappa shape index (κ3) is 2.94. The molecule has 0 unspecified atom stereocenters. The SMILES string of the molecule is CCn1nccc1CNc1cccc(-c2ncn(C)n2)c1. The highest BCUT2D eigenvalue weighted by atomic mass is 15.3. The molecule has 0 fully saturated rings. The van der Waals surface area contributed by atoms with Crippen LogP contribution >= 0.6 is 0 Å². The molecule has 0 saturated heterocycles. The maximum absolute atomic E-state index is 4.32. The zero-order valence-electron chi connectivity index (χ0n) is 12.2. The van der Waals surface area contributed by atoms with Gasteiger partial charge in [0.25, 0.3) is 0 Å². The topological polar surface area (TPSA) is 60.6 Å². The van der Waals surface area contributed by atoms with Crippen molar-refractivity contribution < 1.29 is 0 Å². The molecule has 2 heterocycles. The molecule has 108 valence electrons. The first-order valence-corrected chi connectivity index (χ1v) is 6.97. The van der Waals surface area contributed by atoms with Crippen LogP contribution in [0, 0.1) is 0 Å². The van der Waals surface area contributed by atoms with E-state index in [1.807, 2.05) is 42.2 Å². The number of aromatic nitrogens is 5. The average Bonchev–Trinajstić information content (AvgIpc) is 3.14. The van der Waals surface area contributed by atoms with Gasteiger partial charge in [0.05, 0.1) is 12.2 Å². The first kappa shape index (κ1) is 13.4. The van der Waals surface area contributed by atoms with Crippen LogP contribution in [0.15, 0.2) is 42.9 Å². The van der Waals surface area contributed by atoms with E-state index in [1.54, 1.807) is 11.0 Å². The normalized spacial score (nSPS) is 10.8. The second-order valence-corrected chi connectivity index (χ2v) is 4.81. The lowest BCUT2D eigenvalue weighted by atomic mass is 10.2. The first-order chi connectivity index (χ1) is 10.3. The molecule has 2 aromatic heterocycles. The summed E-state index contributed by atoms with van der Waals surface area (Å²) in [6.45, 7) is 3.71. The van der Waals surface area contributed by atoms with E-state index in [2.05, 4.69) is 33.5 Å². The van der Waals surface area contributed by atoms with Crippen LogP contribution < -0.4 is 5.32 Å². The number of rotatable bonds is 5. The van der Waals surface area contributed by atoms with Gasteiger partial charge in [-0.2, -0.15) is 10.2 Å². The van der Waals surface area contributed by atoms with Crippen LogP contribution in [0.5, 0.6) is 0 Å². The Morgan fingerprint density at radius 2 is 2.14 bits per heavy atom. The van der Waals surface area contributed by atoms with Crippen LogP contribution in [0.25, 0.3) is 11.4 Å². The molecule has 6 nitrogen and oxygen atoms in total. The Hall–Kier alpha value is -2.63. The van der Waals surface area contributed by atoms with Crippen molar-refractivity contribution in [1.82, 2.24) is 24.5 Å². The largest absolute Gasteiger partial charge is 0.379 e. The highest BCUT2D eigenvalue weighted by molar-refractivity contribution is 5.62. The van der Waals surface area contributed by atoms with Gasteiger partial charge in [0.2, 0.25) is 0 Å². The quantitative estimate of drug-likeness (QED) is 0.780. The molecule has 3 aromatic rings. The van der Waals surface area contributed by atoms with Gasteiger partial charge in [0.1, 0.15) is 6.33 Å². The standard InChI is InChI=1S/C15H18N6/c1-3-21-14(7-8-18-21)10-16-13-6-4-5-12(9-13)15-17-11-20(2)19-15/h4-9,11,16H,3,10H2,1-2H3. The minimum Gasteiger partial charge on any atom is -0.379 e. The number of anilines is 1. The molecule has 1 aromatic carbocycles. The van der Waals surface area contributed by atoms with Crippen molar-refractivity contribution in [1.29, 1.82) is 0 Å². The molecule has 0 spiro atoms. The molecule has 6 heteroatoms. The van der Waals surface area contributed by atoms with E-state index in [1.165, 1.54) is 5.69 Å². The molecule has 21 heavy (non-hydrogen) atoms. The summed E-state index contributed by atoms with van der Waals surface area (Å²) in [7, 11) is 1.87. The lowest BCUT2D eigenvalue weighted by Gasteiger charge is -2.08. The zero-order chi connectivity index (χ0) is 14.7. The number of nitrogens with one attached hydrogen (secondary N) is 1. The molecule has 0 aliphatic rings. The van der Waals surface area contributed by atoms with E-state index in [4.69, 9.17) is 0 Å². The predicted octanol–water partition coefficient (Wildman–Crippen LogP) is 2.31. The summed E-state index contributed by atoms with van der Waals surface area (Å²) in [6, 6.07) is 10.1.